The second-order valence-corrected chi connectivity index (χ2v) is 4.92. The van der Waals surface area contributed by atoms with Gasteiger partial charge in [0.05, 0.1) is 23.4 Å². The Morgan fingerprint density at radius 2 is 2.20 bits per heavy atom. The minimum Gasteiger partial charge on any atom is -0.450 e. The molecule has 2 heterocycles. The van der Waals surface area contributed by atoms with E-state index in [-0.39, 0.29) is 18.2 Å². The Balaban J connectivity index is 1.84. The van der Waals surface area contributed by atoms with Crippen LogP contribution in [0.4, 0.5) is 27.8 Å². The van der Waals surface area contributed by atoms with Crippen LogP contribution < -0.4 is 10.6 Å². The van der Waals surface area contributed by atoms with Crippen LogP contribution in [0.2, 0.25) is 0 Å². The first kappa shape index (κ1) is 16.2. The number of imidazole rings is 1. The lowest BCUT2D eigenvalue weighted by Crippen LogP contribution is -2.14. The number of rotatable bonds is 5. The number of anilines is 3. The summed E-state index contributed by atoms with van der Waals surface area (Å²) in [5.74, 6) is 0.198. The van der Waals surface area contributed by atoms with Crippen LogP contribution >= 0.6 is 0 Å². The number of aromatic amines is 1. The number of hydrogen-bond donors (Lipinski definition) is 3. The summed E-state index contributed by atoms with van der Waals surface area (Å²) in [6.07, 6.45) is 0.880. The Kier molecular flexibility index (Phi) is 4.42. The molecule has 3 rings (SSSR count). The number of pyridine rings is 1. The van der Waals surface area contributed by atoms with E-state index in [2.05, 4.69) is 25.6 Å². The van der Waals surface area contributed by atoms with Gasteiger partial charge in [0.1, 0.15) is 11.2 Å². The zero-order valence-electron chi connectivity index (χ0n) is 13.1. The highest BCUT2D eigenvalue weighted by Crippen LogP contribution is 2.27. The van der Waals surface area contributed by atoms with Crippen LogP contribution in [0.25, 0.3) is 11.2 Å². The highest BCUT2D eigenvalue weighted by Gasteiger charge is 2.13. The van der Waals surface area contributed by atoms with Gasteiger partial charge in [-0.1, -0.05) is 12.1 Å². The van der Waals surface area contributed by atoms with E-state index >= 15 is 0 Å². The number of nitro groups is 1. The fraction of sp³-hybridized carbons (Fsp3) is 0.133. The Morgan fingerprint density at radius 1 is 1.40 bits per heavy atom. The molecule has 1 aromatic carbocycles. The minimum absolute atomic E-state index is 0.0470. The molecule has 0 aliphatic rings. The number of H-pyrrole nitrogens is 1. The molecule has 0 bridgehead atoms. The smallest absolute Gasteiger partial charge is 0.413 e. The van der Waals surface area contributed by atoms with E-state index in [1.54, 1.807) is 31.2 Å². The third-order valence-electron chi connectivity index (χ3n) is 3.21. The lowest BCUT2D eigenvalue weighted by atomic mass is 10.2. The van der Waals surface area contributed by atoms with Gasteiger partial charge in [-0.25, -0.2) is 14.8 Å². The summed E-state index contributed by atoms with van der Waals surface area (Å²) >= 11 is 0. The molecule has 0 unspecified atom stereocenters. The van der Waals surface area contributed by atoms with Gasteiger partial charge in [-0.05, 0) is 19.1 Å². The van der Waals surface area contributed by atoms with Crippen molar-refractivity contribution in [1.82, 2.24) is 15.0 Å². The molecule has 0 fully saturated rings. The van der Waals surface area contributed by atoms with Crippen molar-refractivity contribution in [3.8, 4) is 0 Å². The maximum Gasteiger partial charge on any atom is 0.413 e. The molecule has 3 N–H and O–H groups in total. The number of nitro benzene ring substituents is 1. The Labute approximate surface area is 141 Å². The van der Waals surface area contributed by atoms with Crippen LogP contribution in [0.5, 0.6) is 0 Å². The molecule has 0 aliphatic carbocycles. The molecule has 10 nitrogen and oxygen atoms in total. The molecule has 0 aliphatic heterocycles. The van der Waals surface area contributed by atoms with E-state index < -0.39 is 11.0 Å². The number of nitrogens with one attached hydrogen (secondary N) is 3. The zero-order valence-corrected chi connectivity index (χ0v) is 13.1. The first-order valence-electron chi connectivity index (χ1n) is 7.37. The van der Waals surface area contributed by atoms with Crippen molar-refractivity contribution in [2.75, 3.05) is 17.2 Å². The van der Waals surface area contributed by atoms with E-state index in [0.29, 0.717) is 22.5 Å². The van der Waals surface area contributed by atoms with Crippen LogP contribution in [-0.2, 0) is 4.74 Å². The van der Waals surface area contributed by atoms with E-state index in [0.717, 1.165) is 0 Å². The fourth-order valence-corrected chi connectivity index (χ4v) is 2.18. The van der Waals surface area contributed by atoms with Crippen LogP contribution in [0.3, 0.4) is 0 Å². The Morgan fingerprint density at radius 3 is 2.96 bits per heavy atom. The highest BCUT2D eigenvalue weighted by atomic mass is 16.6. The van der Waals surface area contributed by atoms with Gasteiger partial charge in [0, 0.05) is 6.07 Å². The standard InChI is InChI=1S/C15H14N6O4/c1-2-25-15(22)20-14-18-11-7-9(8-16-13(11)19-14)17-10-5-3-4-6-12(10)21(23)24/h3-8,17H,2H2,1H3,(H2,16,18,19,20,22). The molecule has 0 spiro atoms. The number of para-hydroxylation sites is 2. The van der Waals surface area contributed by atoms with Gasteiger partial charge < -0.3 is 15.0 Å². The van der Waals surface area contributed by atoms with Gasteiger partial charge in [0.2, 0.25) is 5.95 Å². The molecular formula is C15H14N6O4. The second kappa shape index (κ2) is 6.83. The molecule has 3 aromatic rings. The van der Waals surface area contributed by atoms with E-state index in [9.17, 15) is 14.9 Å². The summed E-state index contributed by atoms with van der Waals surface area (Å²) in [6, 6.07) is 7.94. The number of fused-ring (bicyclic) bond motifs is 1. The predicted octanol–water partition coefficient (Wildman–Crippen LogP) is 3.18. The Bertz CT molecular complexity index is 939. The van der Waals surface area contributed by atoms with Gasteiger partial charge in [-0.3, -0.25) is 15.4 Å². The van der Waals surface area contributed by atoms with Crippen molar-refractivity contribution in [3.05, 3.63) is 46.6 Å². The Hall–Kier alpha value is -3.69. The van der Waals surface area contributed by atoms with Crippen molar-refractivity contribution in [2.45, 2.75) is 6.92 Å². The first-order chi connectivity index (χ1) is 12.1. The van der Waals surface area contributed by atoms with Crippen molar-refractivity contribution in [3.63, 3.8) is 0 Å². The molecule has 1 amide bonds. The number of benzene rings is 1. The molecule has 128 valence electrons. The average molecular weight is 342 g/mol. The quantitative estimate of drug-likeness (QED) is 0.478. The van der Waals surface area contributed by atoms with Gasteiger partial charge in [0.15, 0.2) is 5.65 Å². The normalized spacial score (nSPS) is 10.4. The largest absolute Gasteiger partial charge is 0.450 e. The summed E-state index contributed by atoms with van der Waals surface area (Å²) in [5, 5.41) is 16.5. The number of amides is 1. The van der Waals surface area contributed by atoms with Crippen LogP contribution in [-0.4, -0.2) is 32.6 Å². The summed E-state index contributed by atoms with van der Waals surface area (Å²) < 4.78 is 4.77. The van der Waals surface area contributed by atoms with E-state index in [1.807, 2.05) is 0 Å². The zero-order chi connectivity index (χ0) is 17.8. The molecule has 10 heteroatoms. The number of nitrogens with zero attached hydrogens (tertiary/aromatic N) is 3. The maximum atomic E-state index is 11.4. The number of aromatic nitrogens is 3. The van der Waals surface area contributed by atoms with Gasteiger partial charge in [-0.15, -0.1) is 0 Å². The van der Waals surface area contributed by atoms with Crippen LogP contribution in [0.15, 0.2) is 36.5 Å². The fourth-order valence-electron chi connectivity index (χ4n) is 2.18. The van der Waals surface area contributed by atoms with Crippen molar-refractivity contribution < 1.29 is 14.5 Å². The summed E-state index contributed by atoms with van der Waals surface area (Å²) in [7, 11) is 0. The number of carbonyl (C=O) groups is 1. The molecular weight excluding hydrogens is 328 g/mol. The third kappa shape index (κ3) is 3.63. The van der Waals surface area contributed by atoms with Crippen molar-refractivity contribution >= 4 is 40.3 Å². The first-order valence-corrected chi connectivity index (χ1v) is 7.37. The van der Waals surface area contributed by atoms with Gasteiger partial charge in [-0.2, -0.15) is 0 Å². The van der Waals surface area contributed by atoms with Crippen LogP contribution in [0.1, 0.15) is 6.92 Å². The second-order valence-electron chi connectivity index (χ2n) is 4.92. The predicted molar refractivity (Wildman–Crippen MR) is 90.9 cm³/mol. The summed E-state index contributed by atoms with van der Waals surface area (Å²) in [6.45, 7) is 1.94. The maximum absolute atomic E-state index is 11.4. The summed E-state index contributed by atoms with van der Waals surface area (Å²) in [5.41, 5.74) is 1.76. The van der Waals surface area contributed by atoms with E-state index in [4.69, 9.17) is 4.74 Å². The van der Waals surface area contributed by atoms with Crippen LogP contribution in [0, 0.1) is 10.1 Å². The molecule has 0 radical (unpaired) electrons. The number of hydrogen-bond acceptors (Lipinski definition) is 7. The van der Waals surface area contributed by atoms with Gasteiger partial charge in [0.25, 0.3) is 5.69 Å². The number of carbonyl (C=O) groups excluding carboxylic acids is 1. The monoisotopic (exact) mass is 342 g/mol. The van der Waals surface area contributed by atoms with Crippen molar-refractivity contribution in [1.29, 1.82) is 0 Å². The molecule has 0 saturated heterocycles. The topological polar surface area (TPSA) is 135 Å². The van der Waals surface area contributed by atoms with Gasteiger partial charge >= 0.3 is 6.09 Å². The summed E-state index contributed by atoms with van der Waals surface area (Å²) in [4.78, 5) is 33.2. The van der Waals surface area contributed by atoms with Crippen molar-refractivity contribution in [2.24, 2.45) is 0 Å². The SMILES string of the molecule is CCOC(=O)Nc1nc2cc(Nc3ccccc3[N+](=O)[O-])cnc2[nH]1. The average Bonchev–Trinajstić information content (AvgIpc) is 2.96. The molecule has 25 heavy (non-hydrogen) atoms. The van der Waals surface area contributed by atoms with E-state index in [1.165, 1.54) is 12.3 Å². The molecule has 0 saturated carbocycles. The highest BCUT2D eigenvalue weighted by molar-refractivity contribution is 5.86. The lowest BCUT2D eigenvalue weighted by Gasteiger charge is -2.06. The lowest BCUT2D eigenvalue weighted by molar-refractivity contribution is -0.383. The third-order valence-corrected chi connectivity index (χ3v) is 3.21. The minimum atomic E-state index is -0.625. The number of ether oxygens (including phenoxy) is 1. The molecule has 0 atom stereocenters. The molecule has 2 aromatic heterocycles.